The highest BCUT2D eigenvalue weighted by atomic mass is 15.1. The van der Waals surface area contributed by atoms with Crippen molar-refractivity contribution < 1.29 is 0 Å². The third kappa shape index (κ3) is 3.06. The molecule has 0 aliphatic heterocycles. The molecular formula is C14H24N2. The summed E-state index contributed by atoms with van der Waals surface area (Å²) < 4.78 is 0. The number of hydrogen-bond donors (Lipinski definition) is 1. The summed E-state index contributed by atoms with van der Waals surface area (Å²) in [7, 11) is 0. The van der Waals surface area contributed by atoms with Crippen LogP contribution in [0.1, 0.15) is 32.8 Å². The van der Waals surface area contributed by atoms with Gasteiger partial charge in [0.2, 0.25) is 0 Å². The fourth-order valence-electron chi connectivity index (χ4n) is 2.02. The first-order chi connectivity index (χ1) is 7.66. The molecule has 1 aromatic rings. The van der Waals surface area contributed by atoms with E-state index in [1.54, 1.807) is 0 Å². The average Bonchev–Trinajstić information content (AvgIpc) is 2.36. The van der Waals surface area contributed by atoms with E-state index in [2.05, 4.69) is 49.9 Å². The molecule has 90 valence electrons. The van der Waals surface area contributed by atoms with Crippen LogP contribution >= 0.6 is 0 Å². The van der Waals surface area contributed by atoms with Crippen LogP contribution in [0.3, 0.4) is 0 Å². The number of rotatable bonds is 6. The van der Waals surface area contributed by atoms with E-state index in [1.165, 1.54) is 5.56 Å². The van der Waals surface area contributed by atoms with Crippen LogP contribution in [0.15, 0.2) is 30.3 Å². The van der Waals surface area contributed by atoms with E-state index in [0.29, 0.717) is 0 Å². The van der Waals surface area contributed by atoms with Gasteiger partial charge in [0.15, 0.2) is 0 Å². The molecule has 0 spiro atoms. The van der Waals surface area contributed by atoms with Gasteiger partial charge < -0.3 is 10.6 Å². The first-order valence-corrected chi connectivity index (χ1v) is 6.23. The highest BCUT2D eigenvalue weighted by Crippen LogP contribution is 2.22. The Kier molecular flexibility index (Phi) is 4.97. The maximum absolute atomic E-state index is 6.53. The van der Waals surface area contributed by atoms with E-state index in [1.807, 2.05) is 6.07 Å². The van der Waals surface area contributed by atoms with Crippen LogP contribution in [0.5, 0.6) is 0 Å². The van der Waals surface area contributed by atoms with Crippen molar-refractivity contribution in [1.29, 1.82) is 0 Å². The molecule has 0 amide bonds. The first-order valence-electron chi connectivity index (χ1n) is 6.23. The smallest absolute Gasteiger partial charge is 0.0535 e. The molecule has 2 N–H and O–H groups in total. The highest BCUT2D eigenvalue weighted by Gasteiger charge is 2.26. The molecule has 2 heteroatoms. The standard InChI is InChI=1S/C14H24N2/c1-4-14(15,12-16(5-2)6-3)13-10-8-7-9-11-13/h7-11H,4-6,12,15H2,1-3H3. The van der Waals surface area contributed by atoms with Crippen LogP contribution in [-0.4, -0.2) is 24.5 Å². The molecule has 0 aromatic heterocycles. The van der Waals surface area contributed by atoms with Gasteiger partial charge in [-0.15, -0.1) is 0 Å². The number of likely N-dealkylation sites (N-methyl/N-ethyl adjacent to an activating group) is 1. The fourth-order valence-corrected chi connectivity index (χ4v) is 2.02. The minimum atomic E-state index is -0.215. The Morgan fingerprint density at radius 3 is 2.06 bits per heavy atom. The monoisotopic (exact) mass is 220 g/mol. The molecule has 0 bridgehead atoms. The summed E-state index contributed by atoms with van der Waals surface area (Å²) >= 11 is 0. The Hall–Kier alpha value is -0.860. The van der Waals surface area contributed by atoms with Gasteiger partial charge >= 0.3 is 0 Å². The number of benzene rings is 1. The van der Waals surface area contributed by atoms with Crippen molar-refractivity contribution in [1.82, 2.24) is 4.90 Å². The van der Waals surface area contributed by atoms with Crippen molar-refractivity contribution in [2.45, 2.75) is 32.7 Å². The molecule has 0 heterocycles. The van der Waals surface area contributed by atoms with Crippen LogP contribution < -0.4 is 5.73 Å². The van der Waals surface area contributed by atoms with Crippen molar-refractivity contribution in [2.75, 3.05) is 19.6 Å². The summed E-state index contributed by atoms with van der Waals surface area (Å²) in [6, 6.07) is 10.4. The number of hydrogen-bond acceptors (Lipinski definition) is 2. The third-order valence-electron chi connectivity index (χ3n) is 3.38. The van der Waals surface area contributed by atoms with Gasteiger partial charge in [0.25, 0.3) is 0 Å². The van der Waals surface area contributed by atoms with E-state index < -0.39 is 0 Å². The molecule has 16 heavy (non-hydrogen) atoms. The fraction of sp³-hybridized carbons (Fsp3) is 0.571. The normalized spacial score (nSPS) is 15.1. The Balaban J connectivity index is 2.85. The quantitative estimate of drug-likeness (QED) is 0.798. The second-order valence-corrected chi connectivity index (χ2v) is 4.34. The lowest BCUT2D eigenvalue weighted by Gasteiger charge is -2.34. The summed E-state index contributed by atoms with van der Waals surface area (Å²) in [4.78, 5) is 2.39. The second-order valence-electron chi connectivity index (χ2n) is 4.34. The summed E-state index contributed by atoms with van der Waals surface area (Å²) in [6.45, 7) is 9.58. The molecule has 0 aliphatic carbocycles. The van der Waals surface area contributed by atoms with Crippen molar-refractivity contribution in [3.63, 3.8) is 0 Å². The minimum Gasteiger partial charge on any atom is -0.320 e. The van der Waals surface area contributed by atoms with Gasteiger partial charge in [0, 0.05) is 6.54 Å². The third-order valence-corrected chi connectivity index (χ3v) is 3.38. The van der Waals surface area contributed by atoms with E-state index in [4.69, 9.17) is 5.73 Å². The Morgan fingerprint density at radius 2 is 1.62 bits per heavy atom. The van der Waals surface area contributed by atoms with Crippen LogP contribution in [0.4, 0.5) is 0 Å². The molecule has 1 rings (SSSR count). The topological polar surface area (TPSA) is 29.3 Å². The summed E-state index contributed by atoms with van der Waals surface area (Å²) in [6.07, 6.45) is 0.966. The van der Waals surface area contributed by atoms with Crippen molar-refractivity contribution in [2.24, 2.45) is 5.73 Å². The Labute approximate surface area is 99.5 Å². The predicted octanol–water partition coefficient (Wildman–Crippen LogP) is 2.59. The number of nitrogens with zero attached hydrogens (tertiary/aromatic N) is 1. The summed E-state index contributed by atoms with van der Waals surface area (Å²) in [5, 5.41) is 0. The van der Waals surface area contributed by atoms with E-state index in [9.17, 15) is 0 Å². The summed E-state index contributed by atoms with van der Waals surface area (Å²) in [5.74, 6) is 0. The Morgan fingerprint density at radius 1 is 1.06 bits per heavy atom. The zero-order valence-electron chi connectivity index (χ0n) is 10.7. The van der Waals surface area contributed by atoms with Gasteiger partial charge in [0.05, 0.1) is 5.54 Å². The molecule has 1 atom stereocenters. The zero-order valence-corrected chi connectivity index (χ0v) is 10.7. The molecule has 0 saturated carbocycles. The molecule has 0 fully saturated rings. The van der Waals surface area contributed by atoms with Gasteiger partial charge in [0.1, 0.15) is 0 Å². The van der Waals surface area contributed by atoms with Gasteiger partial charge in [-0.3, -0.25) is 0 Å². The molecule has 1 unspecified atom stereocenters. The molecule has 0 saturated heterocycles. The molecular weight excluding hydrogens is 196 g/mol. The lowest BCUT2D eigenvalue weighted by atomic mass is 9.87. The Bertz CT molecular complexity index is 293. The van der Waals surface area contributed by atoms with E-state index in [-0.39, 0.29) is 5.54 Å². The highest BCUT2D eigenvalue weighted by molar-refractivity contribution is 5.24. The average molecular weight is 220 g/mol. The summed E-state index contributed by atoms with van der Waals surface area (Å²) in [5.41, 5.74) is 7.55. The second kappa shape index (κ2) is 6.02. The van der Waals surface area contributed by atoms with Crippen LogP contribution in [0.25, 0.3) is 0 Å². The number of nitrogens with two attached hydrogens (primary N) is 1. The van der Waals surface area contributed by atoms with Gasteiger partial charge in [-0.25, -0.2) is 0 Å². The molecule has 2 nitrogen and oxygen atoms in total. The predicted molar refractivity (Wildman–Crippen MR) is 70.4 cm³/mol. The lowest BCUT2D eigenvalue weighted by molar-refractivity contribution is 0.221. The zero-order chi connectivity index (χ0) is 12.0. The minimum absolute atomic E-state index is 0.215. The van der Waals surface area contributed by atoms with Gasteiger partial charge in [-0.05, 0) is 25.1 Å². The van der Waals surface area contributed by atoms with Crippen molar-refractivity contribution in [3.8, 4) is 0 Å². The molecule has 1 aromatic carbocycles. The van der Waals surface area contributed by atoms with Crippen LogP contribution in [0.2, 0.25) is 0 Å². The van der Waals surface area contributed by atoms with E-state index in [0.717, 1.165) is 26.1 Å². The largest absolute Gasteiger partial charge is 0.320 e. The van der Waals surface area contributed by atoms with Gasteiger partial charge in [-0.1, -0.05) is 51.1 Å². The SMILES string of the molecule is CCN(CC)CC(N)(CC)c1ccccc1. The maximum Gasteiger partial charge on any atom is 0.0535 e. The van der Waals surface area contributed by atoms with Crippen molar-refractivity contribution in [3.05, 3.63) is 35.9 Å². The van der Waals surface area contributed by atoms with Crippen molar-refractivity contribution >= 4 is 0 Å². The van der Waals surface area contributed by atoms with Crippen LogP contribution in [-0.2, 0) is 5.54 Å². The maximum atomic E-state index is 6.53. The van der Waals surface area contributed by atoms with E-state index >= 15 is 0 Å². The molecule has 0 radical (unpaired) electrons. The van der Waals surface area contributed by atoms with Crippen LogP contribution in [0, 0.1) is 0 Å². The van der Waals surface area contributed by atoms with Gasteiger partial charge in [-0.2, -0.15) is 0 Å². The molecule has 0 aliphatic rings. The first kappa shape index (κ1) is 13.2. The lowest BCUT2D eigenvalue weighted by Crippen LogP contribution is -2.47.